The molecule has 0 saturated carbocycles. The summed E-state index contributed by atoms with van der Waals surface area (Å²) in [6, 6.07) is 4.90. The zero-order valence-corrected chi connectivity index (χ0v) is 19.5. The molecule has 6 nitrogen and oxygen atoms in total. The molecule has 2 amide bonds. The van der Waals surface area contributed by atoms with E-state index in [1.165, 1.54) is 6.07 Å². The van der Waals surface area contributed by atoms with E-state index in [1.54, 1.807) is 11.0 Å². The molecule has 0 N–H and O–H groups in total. The number of aliphatic imine (C=N–C) groups is 1. The number of rotatable bonds is 2. The number of hydrogen-bond acceptors (Lipinski definition) is 4. The minimum atomic E-state index is -0.566. The molecule has 3 aliphatic heterocycles. The van der Waals surface area contributed by atoms with Crippen LogP contribution in [0.3, 0.4) is 0 Å². The van der Waals surface area contributed by atoms with Gasteiger partial charge in [0.15, 0.2) is 0 Å². The second-order valence-electron chi connectivity index (χ2n) is 9.61. The highest BCUT2D eigenvalue weighted by Gasteiger charge is 2.36. The van der Waals surface area contributed by atoms with Gasteiger partial charge in [-0.15, -0.1) is 0 Å². The summed E-state index contributed by atoms with van der Waals surface area (Å²) in [5.41, 5.74) is 2.71. The molecule has 1 saturated heterocycles. The van der Waals surface area contributed by atoms with Gasteiger partial charge in [0.25, 0.3) is 5.91 Å². The number of hydrogen-bond donors (Lipinski definition) is 0. The molecular formula is C24H29ClFN3O3. The standard InChI is InChI=1S/C24H29ClFN3O3/c1-24(2,3)32-23(31)29-12-9-16-13-27-21(18(16)14-29)22(30)28-10-7-15(8-11-28)17-5-4-6-19(26)20(17)25/h4-6,15H,7-14H2,1-3H3. The molecule has 0 atom stereocenters. The molecule has 0 unspecified atom stereocenters. The summed E-state index contributed by atoms with van der Waals surface area (Å²) < 4.78 is 19.3. The summed E-state index contributed by atoms with van der Waals surface area (Å²) in [5, 5.41) is 0.177. The van der Waals surface area contributed by atoms with Gasteiger partial charge in [-0.25, -0.2) is 9.18 Å². The molecule has 1 fully saturated rings. The van der Waals surface area contributed by atoms with Crippen LogP contribution in [0.2, 0.25) is 5.02 Å². The van der Waals surface area contributed by atoms with Crippen LogP contribution in [0.1, 0.15) is 51.5 Å². The van der Waals surface area contributed by atoms with Gasteiger partial charge in [0.2, 0.25) is 0 Å². The highest BCUT2D eigenvalue weighted by atomic mass is 35.5. The zero-order chi connectivity index (χ0) is 23.0. The number of piperidine rings is 1. The Balaban J connectivity index is 1.40. The lowest BCUT2D eigenvalue weighted by Crippen LogP contribution is -2.45. The lowest BCUT2D eigenvalue weighted by atomic mass is 9.89. The Hall–Kier alpha value is -2.41. The zero-order valence-electron chi connectivity index (χ0n) is 18.8. The molecule has 1 aromatic carbocycles. The molecule has 32 heavy (non-hydrogen) atoms. The molecule has 0 bridgehead atoms. The van der Waals surface area contributed by atoms with E-state index in [9.17, 15) is 14.0 Å². The maximum atomic E-state index is 13.8. The highest BCUT2D eigenvalue weighted by Crippen LogP contribution is 2.35. The third-order valence-electron chi connectivity index (χ3n) is 6.23. The summed E-state index contributed by atoms with van der Waals surface area (Å²) in [5.74, 6) is -0.376. The smallest absolute Gasteiger partial charge is 0.410 e. The van der Waals surface area contributed by atoms with Crippen LogP contribution < -0.4 is 0 Å². The Morgan fingerprint density at radius 3 is 2.56 bits per heavy atom. The summed E-state index contributed by atoms with van der Waals surface area (Å²) in [6.45, 7) is 8.09. The van der Waals surface area contributed by atoms with E-state index in [1.807, 2.05) is 31.7 Å². The molecule has 8 heteroatoms. The van der Waals surface area contributed by atoms with Crippen molar-refractivity contribution in [3.8, 4) is 0 Å². The van der Waals surface area contributed by atoms with Gasteiger partial charge in [-0.3, -0.25) is 9.79 Å². The molecular weight excluding hydrogens is 433 g/mol. The minimum absolute atomic E-state index is 0.0928. The number of carbonyl (C=O) groups is 2. The minimum Gasteiger partial charge on any atom is -0.444 e. The van der Waals surface area contributed by atoms with Crippen LogP contribution in [-0.4, -0.2) is 65.8 Å². The molecule has 172 valence electrons. The van der Waals surface area contributed by atoms with E-state index in [4.69, 9.17) is 16.3 Å². The average molecular weight is 462 g/mol. The van der Waals surface area contributed by atoms with Crippen molar-refractivity contribution in [2.75, 3.05) is 32.7 Å². The Bertz CT molecular complexity index is 991. The highest BCUT2D eigenvalue weighted by molar-refractivity contribution is 6.46. The maximum Gasteiger partial charge on any atom is 0.410 e. The normalized spacial score (nSPS) is 19.7. The monoisotopic (exact) mass is 461 g/mol. The Morgan fingerprint density at radius 1 is 1.16 bits per heavy atom. The number of nitrogens with zero attached hydrogens (tertiary/aromatic N) is 3. The fourth-order valence-corrected chi connectivity index (χ4v) is 4.83. The van der Waals surface area contributed by atoms with Crippen molar-refractivity contribution in [3.63, 3.8) is 0 Å². The lowest BCUT2D eigenvalue weighted by molar-refractivity contribution is -0.125. The first-order chi connectivity index (χ1) is 15.1. The quantitative estimate of drug-likeness (QED) is 0.647. The first-order valence-electron chi connectivity index (χ1n) is 11.1. The summed E-state index contributed by atoms with van der Waals surface area (Å²) in [4.78, 5) is 33.8. The van der Waals surface area contributed by atoms with Crippen LogP contribution in [0, 0.1) is 5.82 Å². The Kier molecular flexibility index (Phi) is 6.30. The van der Waals surface area contributed by atoms with Crippen LogP contribution in [0.5, 0.6) is 0 Å². The summed E-state index contributed by atoms with van der Waals surface area (Å²) in [7, 11) is 0. The number of amides is 2. The van der Waals surface area contributed by atoms with Crippen molar-refractivity contribution in [1.82, 2.24) is 9.80 Å². The van der Waals surface area contributed by atoms with E-state index in [0.29, 0.717) is 44.9 Å². The first kappa shape index (κ1) is 22.8. The van der Waals surface area contributed by atoms with E-state index in [0.717, 1.165) is 29.6 Å². The van der Waals surface area contributed by atoms with Gasteiger partial charge in [0, 0.05) is 25.2 Å². The van der Waals surface area contributed by atoms with Crippen molar-refractivity contribution in [2.24, 2.45) is 4.99 Å². The molecule has 3 aliphatic rings. The van der Waals surface area contributed by atoms with Gasteiger partial charge in [-0.05, 0) is 63.2 Å². The number of ether oxygens (including phenoxy) is 1. The van der Waals surface area contributed by atoms with Crippen molar-refractivity contribution in [1.29, 1.82) is 0 Å². The van der Waals surface area contributed by atoms with Crippen molar-refractivity contribution >= 4 is 29.3 Å². The van der Waals surface area contributed by atoms with E-state index >= 15 is 0 Å². The van der Waals surface area contributed by atoms with E-state index < -0.39 is 11.4 Å². The molecule has 3 heterocycles. The second kappa shape index (κ2) is 8.85. The lowest BCUT2D eigenvalue weighted by Gasteiger charge is -2.34. The Morgan fingerprint density at radius 2 is 1.88 bits per heavy atom. The van der Waals surface area contributed by atoms with Crippen LogP contribution in [-0.2, 0) is 9.53 Å². The van der Waals surface area contributed by atoms with Crippen molar-refractivity contribution in [3.05, 3.63) is 45.7 Å². The van der Waals surface area contributed by atoms with Gasteiger partial charge in [0.05, 0.1) is 18.1 Å². The maximum absolute atomic E-state index is 13.8. The van der Waals surface area contributed by atoms with Gasteiger partial charge in [0.1, 0.15) is 17.1 Å². The molecule has 1 aromatic rings. The fraction of sp³-hybridized carbons (Fsp3) is 0.542. The van der Waals surface area contributed by atoms with Crippen molar-refractivity contribution < 1.29 is 18.7 Å². The molecule has 0 radical (unpaired) electrons. The van der Waals surface area contributed by atoms with E-state index in [2.05, 4.69) is 4.99 Å². The molecule has 0 spiro atoms. The van der Waals surface area contributed by atoms with Crippen molar-refractivity contribution in [2.45, 2.75) is 51.6 Å². The first-order valence-corrected chi connectivity index (χ1v) is 11.5. The Labute approximate surface area is 193 Å². The molecule has 0 aliphatic carbocycles. The predicted octanol–water partition coefficient (Wildman–Crippen LogP) is 4.58. The number of benzene rings is 1. The van der Waals surface area contributed by atoms with Crippen LogP contribution in [0.15, 0.2) is 34.3 Å². The number of likely N-dealkylation sites (tertiary alicyclic amines) is 1. The van der Waals surface area contributed by atoms with Crippen LogP contribution >= 0.6 is 11.6 Å². The van der Waals surface area contributed by atoms with Gasteiger partial charge < -0.3 is 14.5 Å². The molecule has 0 aromatic heterocycles. The van der Waals surface area contributed by atoms with Crippen LogP contribution in [0.25, 0.3) is 0 Å². The largest absolute Gasteiger partial charge is 0.444 e. The van der Waals surface area contributed by atoms with E-state index in [-0.39, 0.29) is 22.9 Å². The van der Waals surface area contributed by atoms with Gasteiger partial charge in [-0.1, -0.05) is 23.7 Å². The average Bonchev–Trinajstić information content (AvgIpc) is 3.17. The summed E-state index contributed by atoms with van der Waals surface area (Å²) >= 11 is 6.16. The number of halogens is 2. The fourth-order valence-electron chi connectivity index (χ4n) is 4.55. The SMILES string of the molecule is CC(C)(C)OC(=O)N1CCC2=C(C1)C(C(=O)N1CCC(c3cccc(F)c3Cl)CC1)=NC2. The number of carbonyl (C=O) groups excluding carboxylic acids is 2. The van der Waals surface area contributed by atoms with Gasteiger partial charge in [-0.2, -0.15) is 0 Å². The third-order valence-corrected chi connectivity index (χ3v) is 6.63. The second-order valence-corrected chi connectivity index (χ2v) is 9.99. The third kappa shape index (κ3) is 4.68. The van der Waals surface area contributed by atoms with Crippen LogP contribution in [0.4, 0.5) is 9.18 Å². The summed E-state index contributed by atoms with van der Waals surface area (Å²) in [6.07, 6.45) is 1.78. The predicted molar refractivity (Wildman–Crippen MR) is 122 cm³/mol. The van der Waals surface area contributed by atoms with Gasteiger partial charge >= 0.3 is 6.09 Å². The topological polar surface area (TPSA) is 62.2 Å². The molecule has 4 rings (SSSR count).